The van der Waals surface area contributed by atoms with Crippen LogP contribution < -0.4 is 5.14 Å². The molecule has 0 radical (unpaired) electrons. The molecule has 0 bridgehead atoms. The highest BCUT2D eigenvalue weighted by molar-refractivity contribution is 7.92. The second kappa shape index (κ2) is 5.45. The minimum Gasteiger partial charge on any atom is -0.332 e. The number of hydrogen-bond donors (Lipinski definition) is 1. The van der Waals surface area contributed by atoms with Crippen molar-refractivity contribution < 1.29 is 16.8 Å². The van der Waals surface area contributed by atoms with Crippen LogP contribution in [0.15, 0.2) is 11.2 Å². The van der Waals surface area contributed by atoms with Crippen molar-refractivity contribution in [3.05, 3.63) is 12.0 Å². The van der Waals surface area contributed by atoms with Gasteiger partial charge >= 0.3 is 0 Å². The third kappa shape index (κ3) is 3.80. The van der Waals surface area contributed by atoms with E-state index in [4.69, 9.17) is 5.14 Å². The van der Waals surface area contributed by atoms with E-state index in [9.17, 15) is 16.8 Å². The fraction of sp³-hybridized carbons (Fsp3) is 0.727. The van der Waals surface area contributed by atoms with Gasteiger partial charge in [-0.3, -0.25) is 0 Å². The molecule has 0 fully saturated rings. The van der Waals surface area contributed by atoms with E-state index in [-0.39, 0.29) is 17.3 Å². The number of sulfone groups is 1. The molecule has 0 spiro atoms. The molecular formula is C11H21N3O4S2. The molecule has 2 N–H and O–H groups in total. The first kappa shape index (κ1) is 17.1. The first-order valence-electron chi connectivity index (χ1n) is 6.19. The maximum absolute atomic E-state index is 12.1. The van der Waals surface area contributed by atoms with Gasteiger partial charge in [-0.25, -0.2) is 27.0 Å². The quantitative estimate of drug-likeness (QED) is 0.838. The Morgan fingerprint density at radius 1 is 1.25 bits per heavy atom. The Morgan fingerprint density at radius 3 is 2.20 bits per heavy atom. The number of primary sulfonamides is 1. The number of rotatable bonds is 5. The van der Waals surface area contributed by atoms with Crippen LogP contribution in [0.3, 0.4) is 0 Å². The van der Waals surface area contributed by atoms with Gasteiger partial charge in [-0.2, -0.15) is 0 Å². The van der Waals surface area contributed by atoms with Crippen LogP contribution >= 0.6 is 0 Å². The van der Waals surface area contributed by atoms with E-state index in [1.807, 2.05) is 6.92 Å². The normalized spacial score (nSPS) is 13.7. The van der Waals surface area contributed by atoms with Gasteiger partial charge in [0.1, 0.15) is 5.82 Å². The molecule has 7 nitrogen and oxygen atoms in total. The maximum atomic E-state index is 12.1. The molecule has 1 aromatic rings. The Morgan fingerprint density at radius 2 is 1.80 bits per heavy atom. The summed E-state index contributed by atoms with van der Waals surface area (Å²) in [5.74, 6) is 0.419. The zero-order valence-corrected chi connectivity index (χ0v) is 13.8. The molecule has 20 heavy (non-hydrogen) atoms. The highest BCUT2D eigenvalue weighted by Crippen LogP contribution is 2.17. The molecule has 0 aliphatic carbocycles. The van der Waals surface area contributed by atoms with Crippen LogP contribution in [0.5, 0.6) is 0 Å². The fourth-order valence-electron chi connectivity index (χ4n) is 1.57. The molecule has 1 aromatic heterocycles. The van der Waals surface area contributed by atoms with Crippen LogP contribution in [-0.2, 0) is 32.8 Å². The number of hydrogen-bond acceptors (Lipinski definition) is 5. The van der Waals surface area contributed by atoms with E-state index in [2.05, 4.69) is 4.98 Å². The van der Waals surface area contributed by atoms with Gasteiger partial charge in [-0.15, -0.1) is 0 Å². The Kier molecular flexibility index (Phi) is 4.67. The smallest absolute Gasteiger partial charge is 0.257 e. The summed E-state index contributed by atoms with van der Waals surface area (Å²) < 4.78 is 47.3. The van der Waals surface area contributed by atoms with Gasteiger partial charge in [0.25, 0.3) is 10.0 Å². The lowest BCUT2D eigenvalue weighted by Crippen LogP contribution is -2.32. The summed E-state index contributed by atoms with van der Waals surface area (Å²) in [6, 6.07) is 0. The molecule has 1 rings (SSSR count). The largest absolute Gasteiger partial charge is 0.332 e. The average Bonchev–Trinajstić information content (AvgIpc) is 2.67. The number of nitrogens with two attached hydrogens (primary N) is 1. The van der Waals surface area contributed by atoms with Gasteiger partial charge < -0.3 is 4.57 Å². The van der Waals surface area contributed by atoms with Crippen molar-refractivity contribution in [1.29, 1.82) is 0 Å². The second-order valence-electron chi connectivity index (χ2n) is 5.52. The van der Waals surface area contributed by atoms with Crippen LogP contribution in [0.1, 0.15) is 33.5 Å². The van der Waals surface area contributed by atoms with Crippen molar-refractivity contribution in [3.8, 4) is 0 Å². The number of aromatic nitrogens is 2. The predicted octanol–water partition coefficient (Wildman–Crippen LogP) is 0.306. The molecule has 0 atom stereocenters. The second-order valence-corrected chi connectivity index (χ2v) is 9.89. The van der Waals surface area contributed by atoms with E-state index in [0.717, 1.165) is 0 Å². The molecule has 0 saturated heterocycles. The van der Waals surface area contributed by atoms with Crippen LogP contribution in [-0.4, -0.2) is 36.9 Å². The number of imidazole rings is 1. The van der Waals surface area contributed by atoms with Crippen molar-refractivity contribution in [1.82, 2.24) is 9.55 Å². The summed E-state index contributed by atoms with van der Waals surface area (Å²) in [5.41, 5.74) is 0. The lowest BCUT2D eigenvalue weighted by Gasteiger charge is -2.19. The summed E-state index contributed by atoms with van der Waals surface area (Å²) in [6.45, 7) is 6.86. The predicted molar refractivity (Wildman–Crippen MR) is 76.5 cm³/mol. The van der Waals surface area contributed by atoms with Crippen LogP contribution in [0.25, 0.3) is 0 Å². The molecular weight excluding hydrogens is 302 g/mol. The highest BCUT2D eigenvalue weighted by Gasteiger charge is 2.29. The molecule has 116 valence electrons. The Bertz CT molecular complexity index is 682. The van der Waals surface area contributed by atoms with Crippen molar-refractivity contribution in [3.63, 3.8) is 0 Å². The van der Waals surface area contributed by atoms with Gasteiger partial charge in [-0.05, 0) is 20.8 Å². The summed E-state index contributed by atoms with van der Waals surface area (Å²) >= 11 is 0. The van der Waals surface area contributed by atoms with Crippen LogP contribution in [0.2, 0.25) is 0 Å². The number of nitrogens with zero attached hydrogens (tertiary/aromatic N) is 2. The maximum Gasteiger partial charge on any atom is 0.257 e. The third-order valence-electron chi connectivity index (χ3n) is 2.98. The Hall–Kier alpha value is -0.930. The highest BCUT2D eigenvalue weighted by atomic mass is 32.2. The molecule has 1 heterocycles. The molecule has 0 aromatic carbocycles. The zero-order chi connectivity index (χ0) is 15.8. The molecule has 0 saturated carbocycles. The van der Waals surface area contributed by atoms with E-state index in [0.29, 0.717) is 12.2 Å². The molecule has 0 aliphatic heterocycles. The summed E-state index contributed by atoms with van der Waals surface area (Å²) in [6.07, 6.45) is 1.78. The zero-order valence-electron chi connectivity index (χ0n) is 12.1. The fourth-order valence-corrected chi connectivity index (χ4v) is 3.12. The summed E-state index contributed by atoms with van der Waals surface area (Å²) in [4.78, 5) is 3.92. The van der Waals surface area contributed by atoms with E-state index in [1.165, 1.54) is 10.8 Å². The molecule has 9 heteroatoms. The molecule has 0 unspecified atom stereocenters. The first-order valence-corrected chi connectivity index (χ1v) is 9.39. The Balaban J connectivity index is 3.03. The third-order valence-corrected chi connectivity index (χ3v) is 6.34. The van der Waals surface area contributed by atoms with Gasteiger partial charge in [0.2, 0.25) is 0 Å². The van der Waals surface area contributed by atoms with Gasteiger partial charge in [0.15, 0.2) is 14.9 Å². The lowest BCUT2D eigenvalue weighted by molar-refractivity contribution is 0.552. The Labute approximate surface area is 120 Å². The minimum absolute atomic E-state index is 0.0794. The van der Waals surface area contributed by atoms with Gasteiger partial charge in [-0.1, -0.05) is 6.92 Å². The van der Waals surface area contributed by atoms with Crippen molar-refractivity contribution in [2.45, 2.75) is 50.4 Å². The lowest BCUT2D eigenvalue weighted by atomic mass is 10.3. The van der Waals surface area contributed by atoms with Crippen LogP contribution in [0, 0.1) is 0 Å². The molecule has 0 amide bonds. The number of aryl methyl sites for hydroxylation is 2. The van der Waals surface area contributed by atoms with Crippen molar-refractivity contribution in [2.75, 3.05) is 5.75 Å². The van der Waals surface area contributed by atoms with E-state index >= 15 is 0 Å². The topological polar surface area (TPSA) is 112 Å². The van der Waals surface area contributed by atoms with Crippen LogP contribution in [0.4, 0.5) is 0 Å². The monoisotopic (exact) mass is 323 g/mol. The van der Waals surface area contributed by atoms with Gasteiger partial charge in [0, 0.05) is 19.2 Å². The summed E-state index contributed by atoms with van der Waals surface area (Å²) in [7, 11) is -7.15. The van der Waals surface area contributed by atoms with Gasteiger partial charge in [0.05, 0.1) is 10.5 Å². The van der Waals surface area contributed by atoms with Crippen molar-refractivity contribution >= 4 is 19.9 Å². The number of sulfonamides is 1. The summed E-state index contributed by atoms with van der Waals surface area (Å²) in [5, 5.41) is 4.79. The SMILES string of the molecule is CCc1nc(S(N)(=O)=O)cn1CCS(=O)(=O)C(C)(C)C. The standard InChI is InChI=1S/C11H21N3O4S2/c1-5-9-13-10(20(12,17)18)8-14(9)6-7-19(15,16)11(2,3)4/h8H,5-7H2,1-4H3,(H2,12,17,18). The van der Waals surface area contributed by atoms with Crippen molar-refractivity contribution in [2.24, 2.45) is 5.14 Å². The van der Waals surface area contributed by atoms with E-state index in [1.54, 1.807) is 20.8 Å². The van der Waals surface area contributed by atoms with E-state index < -0.39 is 24.6 Å². The minimum atomic E-state index is -3.88. The average molecular weight is 323 g/mol. The first-order chi connectivity index (χ1) is 8.88. The molecule has 0 aliphatic rings.